The number of rotatable bonds is 10. The molecule has 170 valence electrons. The number of nitrogens with one attached hydrogen (secondary N) is 2. The molecule has 2 atom stereocenters. The fourth-order valence-electron chi connectivity index (χ4n) is 2.63. The van der Waals surface area contributed by atoms with E-state index >= 15 is 0 Å². The Labute approximate surface area is 183 Å². The second kappa shape index (κ2) is 10.0. The highest BCUT2D eigenvalue weighted by Gasteiger charge is 2.28. The van der Waals surface area contributed by atoms with Gasteiger partial charge in [-0.3, -0.25) is 4.72 Å². The van der Waals surface area contributed by atoms with Crippen LogP contribution < -0.4 is 10.0 Å². The van der Waals surface area contributed by atoms with E-state index in [9.17, 15) is 22.3 Å². The van der Waals surface area contributed by atoms with Crippen molar-refractivity contribution in [3.63, 3.8) is 0 Å². The van der Waals surface area contributed by atoms with Crippen LogP contribution in [0.15, 0.2) is 29.4 Å². The van der Waals surface area contributed by atoms with Crippen LogP contribution in [-0.4, -0.2) is 64.7 Å². The van der Waals surface area contributed by atoms with Crippen molar-refractivity contribution in [3.05, 3.63) is 41.5 Å². The predicted molar refractivity (Wildman–Crippen MR) is 113 cm³/mol. The minimum absolute atomic E-state index is 0.0141. The van der Waals surface area contributed by atoms with Gasteiger partial charge in [-0.2, -0.15) is 12.7 Å². The average molecular weight is 476 g/mol. The van der Waals surface area contributed by atoms with Crippen LogP contribution in [-0.2, 0) is 16.0 Å². The summed E-state index contributed by atoms with van der Waals surface area (Å²) in [5.74, 6) is -1.75. The Morgan fingerprint density at radius 2 is 1.97 bits per heavy atom. The van der Waals surface area contributed by atoms with Gasteiger partial charge in [0, 0.05) is 30.5 Å². The first-order chi connectivity index (χ1) is 14.7. The van der Waals surface area contributed by atoms with Crippen LogP contribution in [0.1, 0.15) is 18.9 Å². The monoisotopic (exact) mass is 475 g/mol. The number of benzene rings is 1. The van der Waals surface area contributed by atoms with Gasteiger partial charge < -0.3 is 15.5 Å². The molecule has 0 spiro atoms. The minimum atomic E-state index is -3.78. The van der Waals surface area contributed by atoms with E-state index in [1.165, 1.54) is 22.5 Å². The van der Waals surface area contributed by atoms with Gasteiger partial charge >= 0.3 is 10.2 Å². The van der Waals surface area contributed by atoms with Gasteiger partial charge in [-0.05, 0) is 19.4 Å². The van der Waals surface area contributed by atoms with Crippen LogP contribution in [0.25, 0.3) is 0 Å². The second-order valence-corrected chi connectivity index (χ2v) is 9.58. The molecule has 1 aromatic carbocycles. The fraction of sp³-hybridized carbons (Fsp3) is 0.444. The van der Waals surface area contributed by atoms with Crippen molar-refractivity contribution in [1.82, 2.24) is 14.3 Å². The first-order valence-corrected chi connectivity index (χ1v) is 11.9. The van der Waals surface area contributed by atoms with E-state index in [1.807, 2.05) is 0 Å². The number of anilines is 2. The third kappa shape index (κ3) is 6.01. The SMILES string of the molecule is C[C@@H](Nc1cc(NS(=O)(=O)N2CCC2)nc(SCc2cccc(F)c2F)n1)[C@H](O)CO. The van der Waals surface area contributed by atoms with Gasteiger partial charge in [0.25, 0.3) is 0 Å². The summed E-state index contributed by atoms with van der Waals surface area (Å²) < 4.78 is 55.8. The average Bonchev–Trinajstić information content (AvgIpc) is 2.66. The number of aromatic nitrogens is 2. The Bertz CT molecular complexity index is 1020. The van der Waals surface area contributed by atoms with Gasteiger partial charge in [-0.15, -0.1) is 0 Å². The molecule has 1 aliphatic rings. The summed E-state index contributed by atoms with van der Waals surface area (Å²) in [7, 11) is -3.78. The second-order valence-electron chi connectivity index (χ2n) is 6.97. The fourth-order valence-corrected chi connectivity index (χ4v) is 4.70. The van der Waals surface area contributed by atoms with E-state index in [1.54, 1.807) is 6.92 Å². The largest absolute Gasteiger partial charge is 0.394 e. The predicted octanol–water partition coefficient (Wildman–Crippen LogP) is 1.56. The molecule has 1 aliphatic heterocycles. The summed E-state index contributed by atoms with van der Waals surface area (Å²) >= 11 is 0.991. The molecule has 3 rings (SSSR count). The van der Waals surface area contributed by atoms with Crippen LogP contribution in [0.4, 0.5) is 20.4 Å². The molecule has 31 heavy (non-hydrogen) atoms. The van der Waals surface area contributed by atoms with Crippen LogP contribution in [0, 0.1) is 11.6 Å². The highest BCUT2D eigenvalue weighted by Crippen LogP contribution is 2.26. The third-order valence-electron chi connectivity index (χ3n) is 4.62. The summed E-state index contributed by atoms with van der Waals surface area (Å²) in [5.41, 5.74) is 0.110. The Morgan fingerprint density at radius 3 is 2.61 bits per heavy atom. The van der Waals surface area contributed by atoms with E-state index in [-0.39, 0.29) is 28.1 Å². The van der Waals surface area contributed by atoms with Crippen molar-refractivity contribution in [2.24, 2.45) is 0 Å². The summed E-state index contributed by atoms with van der Waals surface area (Å²) in [4.78, 5) is 8.42. The lowest BCUT2D eigenvalue weighted by Gasteiger charge is -2.29. The smallest absolute Gasteiger partial charge is 0.302 e. The van der Waals surface area contributed by atoms with E-state index in [2.05, 4.69) is 20.0 Å². The highest BCUT2D eigenvalue weighted by atomic mass is 32.2. The van der Waals surface area contributed by atoms with Crippen molar-refractivity contribution >= 4 is 33.6 Å². The zero-order chi connectivity index (χ0) is 22.6. The maximum atomic E-state index is 13.9. The van der Waals surface area contributed by atoms with Gasteiger partial charge in [0.1, 0.15) is 11.6 Å². The molecule has 0 aliphatic carbocycles. The minimum Gasteiger partial charge on any atom is -0.394 e. The molecular formula is C18H23F2N5O4S2. The molecule has 9 nitrogen and oxygen atoms in total. The molecule has 0 amide bonds. The zero-order valence-corrected chi connectivity index (χ0v) is 18.3. The molecule has 0 bridgehead atoms. The number of halogens is 2. The molecule has 2 heterocycles. The standard InChI is InChI=1S/C18H23F2N5O4S2/c1-11(14(27)9-26)21-15-8-16(24-31(28,29)25-6-3-7-25)23-18(22-15)30-10-12-4-2-5-13(19)17(12)20/h2,4-5,8,11,14,26-27H,3,6-7,9-10H2,1H3,(H2,21,22,23,24)/t11-,14-/m1/s1. The first-order valence-electron chi connectivity index (χ1n) is 9.47. The zero-order valence-electron chi connectivity index (χ0n) is 16.6. The Balaban J connectivity index is 1.83. The van der Waals surface area contributed by atoms with E-state index in [0.717, 1.165) is 24.2 Å². The van der Waals surface area contributed by atoms with E-state index < -0.39 is 40.6 Å². The highest BCUT2D eigenvalue weighted by molar-refractivity contribution is 7.98. The van der Waals surface area contributed by atoms with Crippen LogP contribution in [0.3, 0.4) is 0 Å². The summed E-state index contributed by atoms with van der Waals surface area (Å²) in [5, 5.41) is 21.9. The van der Waals surface area contributed by atoms with Gasteiger partial charge in [-0.1, -0.05) is 23.9 Å². The first kappa shape index (κ1) is 23.6. The molecule has 0 saturated carbocycles. The lowest BCUT2D eigenvalue weighted by Crippen LogP contribution is -2.45. The summed E-state index contributed by atoms with van der Waals surface area (Å²) in [6, 6.07) is 4.59. The lowest BCUT2D eigenvalue weighted by molar-refractivity contribution is 0.0837. The number of nitrogens with zero attached hydrogens (tertiary/aromatic N) is 3. The van der Waals surface area contributed by atoms with Gasteiger partial charge in [0.05, 0.1) is 18.8 Å². The van der Waals surface area contributed by atoms with E-state index in [0.29, 0.717) is 13.1 Å². The Morgan fingerprint density at radius 1 is 1.26 bits per heavy atom. The maximum absolute atomic E-state index is 13.9. The lowest BCUT2D eigenvalue weighted by atomic mass is 10.2. The number of aliphatic hydroxyl groups excluding tert-OH is 2. The van der Waals surface area contributed by atoms with Crippen molar-refractivity contribution in [3.8, 4) is 0 Å². The molecule has 1 aromatic heterocycles. The van der Waals surface area contributed by atoms with Crippen molar-refractivity contribution in [2.75, 3.05) is 29.7 Å². The molecular weight excluding hydrogens is 452 g/mol. The van der Waals surface area contributed by atoms with Gasteiger partial charge in [0.15, 0.2) is 16.8 Å². The molecule has 13 heteroatoms. The van der Waals surface area contributed by atoms with Crippen LogP contribution >= 0.6 is 11.8 Å². The molecule has 0 radical (unpaired) electrons. The normalized spacial score (nSPS) is 16.4. The third-order valence-corrected chi connectivity index (χ3v) is 7.03. The summed E-state index contributed by atoms with van der Waals surface area (Å²) in [6.07, 6.45) is -0.303. The maximum Gasteiger partial charge on any atom is 0.302 e. The van der Waals surface area contributed by atoms with E-state index in [4.69, 9.17) is 5.11 Å². The summed E-state index contributed by atoms with van der Waals surface area (Å²) in [6.45, 7) is 1.95. The topological polar surface area (TPSA) is 128 Å². The number of thioether (sulfide) groups is 1. The van der Waals surface area contributed by atoms with Gasteiger partial charge in [-0.25, -0.2) is 18.7 Å². The van der Waals surface area contributed by atoms with Crippen molar-refractivity contribution < 1.29 is 27.4 Å². The van der Waals surface area contributed by atoms with Crippen molar-refractivity contribution in [1.29, 1.82) is 0 Å². The molecule has 2 aromatic rings. The Kier molecular flexibility index (Phi) is 7.64. The van der Waals surface area contributed by atoms with Crippen LogP contribution in [0.5, 0.6) is 0 Å². The Hall–Kier alpha value is -2.06. The van der Waals surface area contributed by atoms with Gasteiger partial charge in [0.2, 0.25) is 0 Å². The number of hydrogen-bond acceptors (Lipinski definition) is 8. The quantitative estimate of drug-likeness (QED) is 0.301. The van der Waals surface area contributed by atoms with Crippen LogP contribution in [0.2, 0.25) is 0 Å². The molecule has 4 N–H and O–H groups in total. The van der Waals surface area contributed by atoms with Crippen molar-refractivity contribution in [2.45, 2.75) is 36.4 Å². The number of aliphatic hydroxyl groups is 2. The molecule has 0 unspecified atom stereocenters. The number of hydrogen-bond donors (Lipinski definition) is 4. The molecule has 1 saturated heterocycles. The molecule has 1 fully saturated rings.